The summed E-state index contributed by atoms with van der Waals surface area (Å²) in [4.78, 5) is 21.7. The average molecular weight is 447 g/mol. The Bertz CT molecular complexity index is 1310. The van der Waals surface area contributed by atoms with E-state index in [0.717, 1.165) is 11.1 Å². The third-order valence-corrected chi connectivity index (χ3v) is 5.37. The van der Waals surface area contributed by atoms with Gasteiger partial charge in [0.05, 0.1) is 5.92 Å². The molecule has 166 valence electrons. The summed E-state index contributed by atoms with van der Waals surface area (Å²) in [6, 6.07) is 32.4. The van der Waals surface area contributed by atoms with E-state index in [-0.39, 0.29) is 5.91 Å². The van der Waals surface area contributed by atoms with Gasteiger partial charge in [-0.2, -0.15) is 0 Å². The summed E-state index contributed by atoms with van der Waals surface area (Å²) in [5, 5.41) is 3.03. The molecular formula is C28H22N4O2. The van der Waals surface area contributed by atoms with Crippen LogP contribution in [0.3, 0.4) is 0 Å². The van der Waals surface area contributed by atoms with Crippen molar-refractivity contribution < 1.29 is 9.53 Å². The third-order valence-electron chi connectivity index (χ3n) is 5.37. The summed E-state index contributed by atoms with van der Waals surface area (Å²) in [5.41, 5.74) is 2.56. The molecule has 0 aliphatic heterocycles. The van der Waals surface area contributed by atoms with Crippen LogP contribution in [0.1, 0.15) is 17.0 Å². The van der Waals surface area contributed by atoms with Crippen molar-refractivity contribution in [3.63, 3.8) is 0 Å². The maximum atomic E-state index is 13.3. The second-order valence-electron chi connectivity index (χ2n) is 7.67. The van der Waals surface area contributed by atoms with Crippen LogP contribution in [-0.4, -0.2) is 20.4 Å². The van der Waals surface area contributed by atoms with Gasteiger partial charge in [-0.15, -0.1) is 0 Å². The highest BCUT2D eigenvalue weighted by Gasteiger charge is 2.22. The standard InChI is InChI=1S/C28H22N4O2/c33-28(27(21-9-3-1-4-10-21)22-11-5-2-6-12-22)31-23-13-15-24(16-14-23)34-26-19-25(29-20-30-26)32-17-7-8-18-32/h1-20,27H,(H,31,33). The van der Waals surface area contributed by atoms with E-state index in [9.17, 15) is 4.79 Å². The largest absolute Gasteiger partial charge is 0.439 e. The highest BCUT2D eigenvalue weighted by Crippen LogP contribution is 2.27. The molecule has 5 aromatic rings. The van der Waals surface area contributed by atoms with Gasteiger partial charge in [0.15, 0.2) is 0 Å². The Morgan fingerprint density at radius 2 is 1.38 bits per heavy atom. The fourth-order valence-corrected chi connectivity index (χ4v) is 3.74. The molecule has 1 N–H and O–H groups in total. The van der Waals surface area contributed by atoms with E-state index < -0.39 is 5.92 Å². The lowest BCUT2D eigenvalue weighted by Crippen LogP contribution is -2.22. The number of anilines is 1. The first-order chi connectivity index (χ1) is 16.8. The molecule has 0 spiro atoms. The summed E-state index contributed by atoms with van der Waals surface area (Å²) < 4.78 is 7.76. The van der Waals surface area contributed by atoms with Gasteiger partial charge in [-0.1, -0.05) is 60.7 Å². The number of benzene rings is 3. The van der Waals surface area contributed by atoms with E-state index in [0.29, 0.717) is 23.1 Å². The number of amides is 1. The molecule has 0 saturated carbocycles. The van der Waals surface area contributed by atoms with Gasteiger partial charge >= 0.3 is 0 Å². The SMILES string of the molecule is O=C(Nc1ccc(Oc2cc(-n3cccc3)ncn2)cc1)C(c1ccccc1)c1ccccc1. The minimum Gasteiger partial charge on any atom is -0.439 e. The van der Waals surface area contributed by atoms with E-state index in [1.165, 1.54) is 6.33 Å². The highest BCUT2D eigenvalue weighted by atomic mass is 16.5. The molecule has 0 aliphatic carbocycles. The van der Waals surface area contributed by atoms with Crippen molar-refractivity contribution in [1.82, 2.24) is 14.5 Å². The van der Waals surface area contributed by atoms with Gasteiger partial charge in [-0.3, -0.25) is 4.79 Å². The predicted molar refractivity (Wildman–Crippen MR) is 131 cm³/mol. The fourth-order valence-electron chi connectivity index (χ4n) is 3.74. The molecule has 6 heteroatoms. The summed E-state index contributed by atoms with van der Waals surface area (Å²) in [7, 11) is 0. The number of hydrogen-bond acceptors (Lipinski definition) is 4. The molecule has 0 fully saturated rings. The van der Waals surface area contributed by atoms with Crippen molar-refractivity contribution in [1.29, 1.82) is 0 Å². The Morgan fingerprint density at radius 1 is 0.765 bits per heavy atom. The Labute approximate surface area is 197 Å². The second-order valence-corrected chi connectivity index (χ2v) is 7.67. The van der Waals surface area contributed by atoms with Crippen LogP contribution in [0.25, 0.3) is 5.82 Å². The summed E-state index contributed by atoms with van der Waals surface area (Å²) >= 11 is 0. The lowest BCUT2D eigenvalue weighted by molar-refractivity contribution is -0.116. The minimum absolute atomic E-state index is 0.0989. The Hall–Kier alpha value is -4.71. The molecule has 0 radical (unpaired) electrons. The number of rotatable bonds is 7. The lowest BCUT2D eigenvalue weighted by Gasteiger charge is -2.18. The zero-order valence-corrected chi connectivity index (χ0v) is 18.3. The van der Waals surface area contributed by atoms with Crippen LogP contribution in [0.15, 0.2) is 122 Å². The maximum absolute atomic E-state index is 13.3. The minimum atomic E-state index is -0.411. The molecule has 6 nitrogen and oxygen atoms in total. The van der Waals surface area contributed by atoms with Crippen LogP contribution < -0.4 is 10.1 Å². The van der Waals surface area contributed by atoms with Crippen molar-refractivity contribution in [3.05, 3.63) is 133 Å². The lowest BCUT2D eigenvalue weighted by atomic mass is 9.90. The van der Waals surface area contributed by atoms with Crippen LogP contribution in [0, 0.1) is 0 Å². The van der Waals surface area contributed by atoms with Gasteiger partial charge < -0.3 is 14.6 Å². The smallest absolute Gasteiger partial charge is 0.236 e. The number of ether oxygens (including phenoxy) is 1. The second kappa shape index (κ2) is 9.83. The van der Waals surface area contributed by atoms with E-state index in [1.807, 2.05) is 102 Å². The van der Waals surface area contributed by atoms with Gasteiger partial charge in [0.25, 0.3) is 0 Å². The first kappa shape index (κ1) is 21.2. The van der Waals surface area contributed by atoms with Crippen molar-refractivity contribution in [2.24, 2.45) is 0 Å². The molecule has 34 heavy (non-hydrogen) atoms. The van der Waals surface area contributed by atoms with Gasteiger partial charge in [0, 0.05) is 24.1 Å². The van der Waals surface area contributed by atoms with E-state index in [1.54, 1.807) is 18.2 Å². The molecule has 5 rings (SSSR count). The molecule has 3 aromatic carbocycles. The van der Waals surface area contributed by atoms with Crippen molar-refractivity contribution in [2.45, 2.75) is 5.92 Å². The average Bonchev–Trinajstić information content (AvgIpc) is 3.42. The molecule has 1 amide bonds. The first-order valence-electron chi connectivity index (χ1n) is 10.9. The summed E-state index contributed by atoms with van der Waals surface area (Å²) in [6.45, 7) is 0. The molecule has 2 aromatic heterocycles. The van der Waals surface area contributed by atoms with Crippen LogP contribution in [0.4, 0.5) is 5.69 Å². The van der Waals surface area contributed by atoms with E-state index >= 15 is 0 Å². The van der Waals surface area contributed by atoms with Gasteiger partial charge in [-0.25, -0.2) is 9.97 Å². The summed E-state index contributed by atoms with van der Waals surface area (Å²) in [6.07, 6.45) is 5.27. The monoisotopic (exact) mass is 446 g/mol. The Morgan fingerprint density at radius 3 is 2.00 bits per heavy atom. The molecular weight excluding hydrogens is 424 g/mol. The number of nitrogens with one attached hydrogen (secondary N) is 1. The zero-order valence-electron chi connectivity index (χ0n) is 18.3. The molecule has 2 heterocycles. The molecule has 0 bridgehead atoms. The molecule has 0 saturated heterocycles. The van der Waals surface area contributed by atoms with Crippen LogP contribution in [0.5, 0.6) is 11.6 Å². The van der Waals surface area contributed by atoms with Gasteiger partial charge in [0.2, 0.25) is 11.8 Å². The van der Waals surface area contributed by atoms with Crippen LogP contribution in [-0.2, 0) is 4.79 Å². The maximum Gasteiger partial charge on any atom is 0.236 e. The van der Waals surface area contributed by atoms with Gasteiger partial charge in [-0.05, 0) is 47.5 Å². The van der Waals surface area contributed by atoms with E-state index in [2.05, 4.69) is 15.3 Å². The quantitative estimate of drug-likeness (QED) is 0.341. The number of carbonyl (C=O) groups is 1. The first-order valence-corrected chi connectivity index (χ1v) is 10.9. The Kier molecular flexibility index (Phi) is 6.12. The molecule has 0 aliphatic rings. The fraction of sp³-hybridized carbons (Fsp3) is 0.0357. The highest BCUT2D eigenvalue weighted by molar-refractivity contribution is 5.98. The topological polar surface area (TPSA) is 69.0 Å². The molecule has 0 unspecified atom stereocenters. The van der Waals surface area contributed by atoms with Crippen molar-refractivity contribution >= 4 is 11.6 Å². The van der Waals surface area contributed by atoms with Crippen molar-refractivity contribution in [3.8, 4) is 17.4 Å². The van der Waals surface area contributed by atoms with E-state index in [4.69, 9.17) is 4.74 Å². The summed E-state index contributed by atoms with van der Waals surface area (Å²) in [5.74, 6) is 1.25. The third kappa shape index (κ3) is 4.86. The number of aromatic nitrogens is 3. The van der Waals surface area contributed by atoms with Gasteiger partial charge in [0.1, 0.15) is 17.9 Å². The predicted octanol–water partition coefficient (Wildman–Crippen LogP) is 5.83. The number of carbonyl (C=O) groups excluding carboxylic acids is 1. The van der Waals surface area contributed by atoms with Crippen LogP contribution in [0.2, 0.25) is 0 Å². The normalized spacial score (nSPS) is 10.7. The number of nitrogens with zero attached hydrogens (tertiary/aromatic N) is 3. The van der Waals surface area contributed by atoms with Crippen LogP contribution >= 0.6 is 0 Å². The molecule has 0 atom stereocenters. The van der Waals surface area contributed by atoms with Crippen molar-refractivity contribution in [2.75, 3.05) is 5.32 Å². The Balaban J connectivity index is 1.31. The number of hydrogen-bond donors (Lipinski definition) is 1. The zero-order chi connectivity index (χ0) is 23.2.